The highest BCUT2D eigenvalue weighted by Crippen LogP contribution is 2.42. The molecule has 0 saturated heterocycles. The molecule has 2 aromatic heterocycles. The fourth-order valence-corrected chi connectivity index (χ4v) is 4.23. The quantitative estimate of drug-likeness (QED) is 0.304. The highest BCUT2D eigenvalue weighted by atomic mass is 19.1. The molecule has 0 bridgehead atoms. The third-order valence-corrected chi connectivity index (χ3v) is 5.62. The lowest BCUT2D eigenvalue weighted by molar-refractivity contribution is -0.660. The number of pyridine rings is 1. The van der Waals surface area contributed by atoms with Crippen LogP contribution in [0.25, 0.3) is 44.3 Å². The van der Waals surface area contributed by atoms with Gasteiger partial charge < -0.3 is 4.42 Å². The summed E-state index contributed by atoms with van der Waals surface area (Å²) in [5, 5.41) is 0.946. The average molecular weight is 400 g/mol. The molecule has 0 N–H and O–H groups in total. The molecule has 0 unspecified atom stereocenters. The Morgan fingerprint density at radius 2 is 1.57 bits per heavy atom. The van der Waals surface area contributed by atoms with Crippen LogP contribution in [0.1, 0.15) is 11.1 Å². The summed E-state index contributed by atoms with van der Waals surface area (Å²) in [6.07, 6.45) is 2.03. The summed E-state index contributed by atoms with van der Waals surface area (Å²) in [6, 6.07) is 17.9. The molecule has 0 spiro atoms. The molecule has 0 fully saturated rings. The molecule has 0 aliphatic heterocycles. The lowest BCUT2D eigenvalue weighted by Crippen LogP contribution is -2.31. The topological polar surface area (TPSA) is 17.0 Å². The van der Waals surface area contributed by atoms with E-state index < -0.39 is 11.6 Å². The first-order valence-electron chi connectivity index (χ1n) is 9.81. The lowest BCUT2D eigenvalue weighted by atomic mass is 9.98. The van der Waals surface area contributed by atoms with Crippen molar-refractivity contribution in [3.05, 3.63) is 89.6 Å². The highest BCUT2D eigenvalue weighted by molar-refractivity contribution is 6.13. The van der Waals surface area contributed by atoms with Gasteiger partial charge in [0.25, 0.3) is 0 Å². The maximum atomic E-state index is 15.0. The maximum absolute atomic E-state index is 15.0. The van der Waals surface area contributed by atoms with Crippen molar-refractivity contribution in [3.63, 3.8) is 0 Å². The molecule has 0 aliphatic rings. The molecule has 30 heavy (non-hydrogen) atoms. The first kappa shape index (κ1) is 18.5. The molecule has 0 amide bonds. The SMILES string of the molecule is Cc1ccc(-c2c(C)ccc3c2oc2c(-c4ccccc4)c(F)cc(F)c23)[n+](C)c1. The van der Waals surface area contributed by atoms with Crippen molar-refractivity contribution in [1.82, 2.24) is 0 Å². The Balaban J connectivity index is 1.94. The smallest absolute Gasteiger partial charge is 0.216 e. The van der Waals surface area contributed by atoms with Crippen molar-refractivity contribution < 1.29 is 17.8 Å². The van der Waals surface area contributed by atoms with Crippen molar-refractivity contribution >= 4 is 21.9 Å². The summed E-state index contributed by atoms with van der Waals surface area (Å²) in [4.78, 5) is 0. The molecule has 148 valence electrons. The molecule has 5 rings (SSSR count). The van der Waals surface area contributed by atoms with Gasteiger partial charge >= 0.3 is 0 Å². The third-order valence-electron chi connectivity index (χ3n) is 5.62. The Labute approximate surface area is 173 Å². The van der Waals surface area contributed by atoms with Crippen LogP contribution in [0, 0.1) is 25.5 Å². The molecule has 0 radical (unpaired) electrons. The minimum absolute atomic E-state index is 0.232. The molecule has 2 heterocycles. The van der Waals surface area contributed by atoms with Crippen LogP contribution in [-0.4, -0.2) is 0 Å². The van der Waals surface area contributed by atoms with Crippen LogP contribution in [0.3, 0.4) is 0 Å². The zero-order valence-corrected chi connectivity index (χ0v) is 17.0. The van der Waals surface area contributed by atoms with Crippen molar-refractivity contribution in [2.45, 2.75) is 13.8 Å². The summed E-state index contributed by atoms with van der Waals surface area (Å²) >= 11 is 0. The van der Waals surface area contributed by atoms with Gasteiger partial charge in [0.15, 0.2) is 6.20 Å². The predicted octanol–water partition coefficient (Wildman–Crippen LogP) is 6.64. The monoisotopic (exact) mass is 400 g/mol. The maximum Gasteiger partial charge on any atom is 0.216 e. The highest BCUT2D eigenvalue weighted by Gasteiger charge is 2.25. The zero-order valence-electron chi connectivity index (χ0n) is 17.0. The van der Waals surface area contributed by atoms with Crippen LogP contribution in [-0.2, 0) is 7.05 Å². The minimum Gasteiger partial charge on any atom is -0.454 e. The normalized spacial score (nSPS) is 11.5. The Hall–Kier alpha value is -3.53. The molecule has 2 nitrogen and oxygen atoms in total. The van der Waals surface area contributed by atoms with E-state index in [0.29, 0.717) is 21.9 Å². The second-order valence-corrected chi connectivity index (χ2v) is 7.72. The van der Waals surface area contributed by atoms with Crippen LogP contribution in [0.5, 0.6) is 0 Å². The fraction of sp³-hybridized carbons (Fsp3) is 0.115. The molecular formula is C26H20F2NO+. The largest absolute Gasteiger partial charge is 0.454 e. The van der Waals surface area contributed by atoms with E-state index in [0.717, 1.165) is 28.5 Å². The number of fused-ring (bicyclic) bond motifs is 3. The molecule has 5 aromatic rings. The van der Waals surface area contributed by atoms with Crippen LogP contribution < -0.4 is 4.57 Å². The summed E-state index contributed by atoms with van der Waals surface area (Å²) in [7, 11) is 1.97. The van der Waals surface area contributed by atoms with Crippen molar-refractivity contribution in [1.29, 1.82) is 0 Å². The van der Waals surface area contributed by atoms with E-state index in [1.807, 2.05) is 74.1 Å². The van der Waals surface area contributed by atoms with Crippen LogP contribution >= 0.6 is 0 Å². The Kier molecular flexibility index (Phi) is 4.17. The first-order valence-corrected chi connectivity index (χ1v) is 9.81. The number of rotatable bonds is 2. The molecule has 3 aromatic carbocycles. The van der Waals surface area contributed by atoms with Crippen LogP contribution in [0.4, 0.5) is 8.78 Å². The number of hydrogen-bond acceptors (Lipinski definition) is 1. The van der Waals surface area contributed by atoms with E-state index in [4.69, 9.17) is 4.42 Å². The van der Waals surface area contributed by atoms with Crippen molar-refractivity contribution in [2.75, 3.05) is 0 Å². The number of aromatic nitrogens is 1. The van der Waals surface area contributed by atoms with Gasteiger partial charge in [-0.15, -0.1) is 0 Å². The van der Waals surface area contributed by atoms with E-state index in [-0.39, 0.29) is 11.1 Å². The van der Waals surface area contributed by atoms with E-state index in [1.54, 1.807) is 12.1 Å². The first-order chi connectivity index (χ1) is 14.5. The second-order valence-electron chi connectivity index (χ2n) is 7.72. The predicted molar refractivity (Wildman–Crippen MR) is 115 cm³/mol. The summed E-state index contributed by atoms with van der Waals surface area (Å²) in [6.45, 7) is 4.03. The number of halogens is 2. The van der Waals surface area contributed by atoms with Gasteiger partial charge in [0.1, 0.15) is 29.8 Å². The summed E-state index contributed by atoms with van der Waals surface area (Å²) < 4.78 is 38.2. The molecule has 0 aliphatic carbocycles. The molecule has 0 saturated carbocycles. The van der Waals surface area contributed by atoms with Gasteiger partial charge in [0, 0.05) is 23.1 Å². The van der Waals surface area contributed by atoms with E-state index in [2.05, 4.69) is 0 Å². The Bertz CT molecular complexity index is 1430. The van der Waals surface area contributed by atoms with Gasteiger partial charge in [-0.2, -0.15) is 0 Å². The van der Waals surface area contributed by atoms with Gasteiger partial charge in [-0.1, -0.05) is 42.5 Å². The number of nitrogens with zero attached hydrogens (tertiary/aromatic N) is 1. The van der Waals surface area contributed by atoms with Crippen LogP contribution in [0.2, 0.25) is 0 Å². The van der Waals surface area contributed by atoms with E-state index in [1.165, 1.54) is 0 Å². The number of hydrogen-bond donors (Lipinski definition) is 0. The van der Waals surface area contributed by atoms with Gasteiger partial charge in [-0.05, 0) is 31.0 Å². The minimum atomic E-state index is -0.635. The van der Waals surface area contributed by atoms with Gasteiger partial charge in [-0.3, -0.25) is 0 Å². The van der Waals surface area contributed by atoms with Crippen LogP contribution in [0.15, 0.2) is 71.3 Å². The number of aryl methyl sites for hydroxylation is 3. The lowest BCUT2D eigenvalue weighted by Gasteiger charge is -2.06. The van der Waals surface area contributed by atoms with Crippen molar-refractivity contribution in [3.8, 4) is 22.4 Å². The molecular weight excluding hydrogens is 380 g/mol. The average Bonchev–Trinajstić information content (AvgIpc) is 3.09. The van der Waals surface area contributed by atoms with E-state index >= 15 is 0 Å². The van der Waals surface area contributed by atoms with Gasteiger partial charge in [0.2, 0.25) is 5.69 Å². The fourth-order valence-electron chi connectivity index (χ4n) is 4.23. The summed E-state index contributed by atoms with van der Waals surface area (Å²) in [5.41, 5.74) is 5.69. The van der Waals surface area contributed by atoms with Crippen molar-refractivity contribution in [2.24, 2.45) is 7.05 Å². The van der Waals surface area contributed by atoms with E-state index in [9.17, 15) is 8.78 Å². The zero-order chi connectivity index (χ0) is 21.0. The number of furan rings is 1. The Morgan fingerprint density at radius 1 is 0.800 bits per heavy atom. The molecule has 4 heteroatoms. The van der Waals surface area contributed by atoms with Gasteiger partial charge in [-0.25, -0.2) is 13.3 Å². The Morgan fingerprint density at radius 3 is 2.30 bits per heavy atom. The second kappa shape index (κ2) is 6.77. The summed E-state index contributed by atoms with van der Waals surface area (Å²) in [5.74, 6) is -1.26. The van der Waals surface area contributed by atoms with Gasteiger partial charge in [0.05, 0.1) is 16.5 Å². The standard InChI is InChI=1S/C26H20F2NO/c1-15-9-12-21(29(3)14-15)22-16(2)10-11-18-24-20(28)13-19(27)23(26(24)30-25(18)22)17-7-5-4-6-8-17/h4-14H,1-3H3/q+1. The third kappa shape index (κ3) is 2.71. The number of benzene rings is 3. The molecule has 0 atom stereocenters.